The van der Waals surface area contributed by atoms with Gasteiger partial charge in [0.1, 0.15) is 11.6 Å². The number of carbonyl (C=O) groups excluding carboxylic acids is 2. The van der Waals surface area contributed by atoms with Gasteiger partial charge in [-0.2, -0.15) is 0 Å². The van der Waals surface area contributed by atoms with E-state index in [9.17, 15) is 9.59 Å². The van der Waals surface area contributed by atoms with E-state index in [2.05, 4.69) is 25.1 Å². The molecule has 0 aromatic rings. The third-order valence-electron chi connectivity index (χ3n) is 5.44. The van der Waals surface area contributed by atoms with Gasteiger partial charge >= 0.3 is 6.09 Å². The second-order valence-corrected chi connectivity index (χ2v) is 10.0. The SMILES string of the molecule is C#C[C@@H]1[C@@H]2[C@H](CN1C(=O)[C@@H](NC(=O)OC(C)(C)C)C(C)(C)C)C2(C)C. The number of alkyl carbamates (subject to hydrolysis) is 1. The molecule has 0 unspecified atom stereocenters. The average molecular weight is 348 g/mol. The van der Waals surface area contributed by atoms with Gasteiger partial charge in [-0.25, -0.2) is 4.79 Å². The number of carbonyl (C=O) groups is 2. The van der Waals surface area contributed by atoms with Gasteiger partial charge in [0.15, 0.2) is 0 Å². The van der Waals surface area contributed by atoms with Crippen molar-refractivity contribution in [3.8, 4) is 12.3 Å². The molecule has 2 amide bonds. The first-order chi connectivity index (χ1) is 11.2. The Balaban J connectivity index is 2.15. The first-order valence-corrected chi connectivity index (χ1v) is 8.96. The van der Waals surface area contributed by atoms with Crippen LogP contribution in [0.15, 0.2) is 0 Å². The second kappa shape index (κ2) is 5.93. The van der Waals surface area contributed by atoms with Crippen LogP contribution in [0, 0.1) is 35.0 Å². The van der Waals surface area contributed by atoms with E-state index in [1.165, 1.54) is 0 Å². The number of terminal acetylenes is 1. The van der Waals surface area contributed by atoms with Crippen molar-refractivity contribution in [1.29, 1.82) is 0 Å². The number of nitrogens with one attached hydrogen (secondary N) is 1. The molecule has 140 valence electrons. The van der Waals surface area contributed by atoms with Crippen LogP contribution in [0.25, 0.3) is 0 Å². The molecule has 0 spiro atoms. The van der Waals surface area contributed by atoms with Crippen molar-refractivity contribution in [2.45, 2.75) is 73.1 Å². The topological polar surface area (TPSA) is 58.6 Å². The normalized spacial score (nSPS) is 28.6. The van der Waals surface area contributed by atoms with Gasteiger partial charge in [0.25, 0.3) is 0 Å². The summed E-state index contributed by atoms with van der Waals surface area (Å²) in [5.74, 6) is 3.47. The summed E-state index contributed by atoms with van der Waals surface area (Å²) in [6.45, 7) is 16.2. The van der Waals surface area contributed by atoms with Crippen molar-refractivity contribution >= 4 is 12.0 Å². The summed E-state index contributed by atoms with van der Waals surface area (Å²) in [5, 5.41) is 2.76. The fraction of sp³-hybridized carbons (Fsp3) is 0.800. The summed E-state index contributed by atoms with van der Waals surface area (Å²) in [4.78, 5) is 27.2. The molecular formula is C20H32N2O3. The Hall–Kier alpha value is -1.70. The zero-order chi connectivity index (χ0) is 19.4. The van der Waals surface area contributed by atoms with Crippen LogP contribution in [0.5, 0.6) is 0 Å². The lowest BCUT2D eigenvalue weighted by atomic mass is 9.85. The third kappa shape index (κ3) is 3.78. The van der Waals surface area contributed by atoms with E-state index in [4.69, 9.17) is 11.2 Å². The predicted octanol–water partition coefficient (Wildman–Crippen LogP) is 3.04. The summed E-state index contributed by atoms with van der Waals surface area (Å²) < 4.78 is 5.33. The van der Waals surface area contributed by atoms with Gasteiger partial charge in [-0.3, -0.25) is 4.79 Å². The molecule has 1 heterocycles. The van der Waals surface area contributed by atoms with Crippen LogP contribution >= 0.6 is 0 Å². The molecule has 2 aliphatic rings. The summed E-state index contributed by atoms with van der Waals surface area (Å²) in [7, 11) is 0. The molecule has 0 aromatic heterocycles. The van der Waals surface area contributed by atoms with Crippen LogP contribution in [0.1, 0.15) is 55.4 Å². The number of fused-ring (bicyclic) bond motifs is 1. The van der Waals surface area contributed by atoms with E-state index in [-0.39, 0.29) is 17.4 Å². The number of rotatable bonds is 2. The molecule has 1 N–H and O–H groups in total. The van der Waals surface area contributed by atoms with Crippen LogP contribution in [0.2, 0.25) is 0 Å². The van der Waals surface area contributed by atoms with Crippen molar-refractivity contribution < 1.29 is 14.3 Å². The maximum atomic E-state index is 13.2. The Kier molecular flexibility index (Phi) is 4.66. The largest absolute Gasteiger partial charge is 0.444 e. The fourth-order valence-electron chi connectivity index (χ4n) is 3.94. The van der Waals surface area contributed by atoms with Gasteiger partial charge in [-0.05, 0) is 37.5 Å². The van der Waals surface area contributed by atoms with Gasteiger partial charge in [0.05, 0.1) is 6.04 Å². The highest BCUT2D eigenvalue weighted by Gasteiger charge is 2.67. The third-order valence-corrected chi connectivity index (χ3v) is 5.44. The predicted molar refractivity (Wildman–Crippen MR) is 97.7 cm³/mol. The molecule has 1 aliphatic heterocycles. The van der Waals surface area contributed by atoms with Crippen molar-refractivity contribution in [3.63, 3.8) is 0 Å². The monoisotopic (exact) mass is 348 g/mol. The molecule has 0 aromatic carbocycles. The number of ether oxygens (including phenoxy) is 1. The number of amides is 2. The zero-order valence-electron chi connectivity index (χ0n) is 16.8. The van der Waals surface area contributed by atoms with Crippen LogP contribution in [-0.4, -0.2) is 41.1 Å². The molecule has 5 nitrogen and oxygen atoms in total. The quantitative estimate of drug-likeness (QED) is 0.780. The Labute approximate surface area is 151 Å². The average Bonchev–Trinajstić information content (AvgIpc) is 2.81. The van der Waals surface area contributed by atoms with Crippen molar-refractivity contribution in [3.05, 3.63) is 0 Å². The molecule has 2 rings (SSSR count). The summed E-state index contributed by atoms with van der Waals surface area (Å²) in [6.07, 6.45) is 5.16. The number of nitrogens with zero attached hydrogens (tertiary/aromatic N) is 1. The highest BCUT2D eigenvalue weighted by Crippen LogP contribution is 2.64. The zero-order valence-corrected chi connectivity index (χ0v) is 16.8. The number of piperidine rings is 1. The van der Waals surface area contributed by atoms with Crippen molar-refractivity contribution in [2.75, 3.05) is 6.54 Å². The molecule has 0 bridgehead atoms. The molecule has 0 radical (unpaired) electrons. The molecule has 5 heteroatoms. The molecule has 4 atom stereocenters. The first-order valence-electron chi connectivity index (χ1n) is 8.96. The second-order valence-electron chi connectivity index (χ2n) is 10.0. The lowest BCUT2D eigenvalue weighted by molar-refractivity contribution is -0.137. The number of likely N-dealkylation sites (tertiary alicyclic amines) is 1. The number of hydrogen-bond donors (Lipinski definition) is 1. The van der Waals surface area contributed by atoms with E-state index < -0.39 is 23.2 Å². The molecule has 1 saturated heterocycles. The van der Waals surface area contributed by atoms with Gasteiger partial charge in [0.2, 0.25) is 5.91 Å². The van der Waals surface area contributed by atoms with Gasteiger partial charge in [-0.15, -0.1) is 6.42 Å². The van der Waals surface area contributed by atoms with Crippen LogP contribution < -0.4 is 5.32 Å². The highest BCUT2D eigenvalue weighted by atomic mass is 16.6. The minimum absolute atomic E-state index is 0.121. The van der Waals surface area contributed by atoms with Crippen molar-refractivity contribution in [2.24, 2.45) is 22.7 Å². The Morgan fingerprint density at radius 3 is 2.24 bits per heavy atom. The lowest BCUT2D eigenvalue weighted by Crippen LogP contribution is -2.57. The fourth-order valence-corrected chi connectivity index (χ4v) is 3.94. The van der Waals surface area contributed by atoms with E-state index >= 15 is 0 Å². The lowest BCUT2D eigenvalue weighted by Gasteiger charge is -2.37. The molecule has 25 heavy (non-hydrogen) atoms. The molecule has 1 saturated carbocycles. The molecule has 2 fully saturated rings. The van der Waals surface area contributed by atoms with Gasteiger partial charge < -0.3 is 15.0 Å². The number of hydrogen-bond acceptors (Lipinski definition) is 3. The summed E-state index contributed by atoms with van der Waals surface area (Å²) in [5.41, 5.74) is -0.866. The van der Waals surface area contributed by atoms with Gasteiger partial charge in [-0.1, -0.05) is 40.5 Å². The van der Waals surface area contributed by atoms with Crippen LogP contribution in [-0.2, 0) is 9.53 Å². The van der Waals surface area contributed by atoms with Crippen molar-refractivity contribution in [1.82, 2.24) is 10.2 Å². The summed E-state index contributed by atoms with van der Waals surface area (Å²) >= 11 is 0. The first kappa shape index (κ1) is 19.6. The minimum atomic E-state index is -0.682. The van der Waals surface area contributed by atoms with E-state index in [1.54, 1.807) is 25.7 Å². The highest BCUT2D eigenvalue weighted by molar-refractivity contribution is 5.87. The summed E-state index contributed by atoms with van der Waals surface area (Å²) in [6, 6.07) is -0.878. The van der Waals surface area contributed by atoms with E-state index in [0.717, 1.165) is 0 Å². The Morgan fingerprint density at radius 1 is 1.24 bits per heavy atom. The van der Waals surface area contributed by atoms with E-state index in [1.807, 2.05) is 20.8 Å². The smallest absolute Gasteiger partial charge is 0.408 e. The Bertz CT molecular complexity index is 604. The minimum Gasteiger partial charge on any atom is -0.444 e. The van der Waals surface area contributed by atoms with E-state index in [0.29, 0.717) is 18.4 Å². The molecular weight excluding hydrogens is 316 g/mol. The van der Waals surface area contributed by atoms with Gasteiger partial charge in [0, 0.05) is 12.5 Å². The molecule has 1 aliphatic carbocycles. The maximum absolute atomic E-state index is 13.2. The van der Waals surface area contributed by atoms with Crippen LogP contribution in [0.4, 0.5) is 4.79 Å². The standard InChI is InChI=1S/C20H32N2O3/c1-10-13-14-12(20(14,8)9)11-22(13)16(23)15(18(2,3)4)21-17(24)25-19(5,6)7/h1,12-15H,11H2,2-9H3,(H,21,24)/t12-,13+,14-,15+/m0/s1. The Morgan fingerprint density at radius 2 is 1.80 bits per heavy atom. The van der Waals surface area contributed by atoms with Crippen LogP contribution in [0.3, 0.4) is 0 Å². The maximum Gasteiger partial charge on any atom is 0.408 e.